The number of hydrogen-bond acceptors (Lipinski definition) is 6. The molecule has 0 aliphatic carbocycles. The summed E-state index contributed by atoms with van der Waals surface area (Å²) < 4.78 is 10.4. The molecule has 1 unspecified atom stereocenters. The van der Waals surface area contributed by atoms with Gasteiger partial charge in [0.15, 0.2) is 0 Å². The molecule has 0 bridgehead atoms. The first-order valence-corrected chi connectivity index (χ1v) is 6.33. The van der Waals surface area contributed by atoms with E-state index in [1.165, 1.54) is 6.20 Å². The minimum Gasteiger partial charge on any atom is -0.514 e. The lowest BCUT2D eigenvalue weighted by Gasteiger charge is -2.09. The SMILES string of the molecule is O=C(CCCCCN/C=C\O)OCC1CNCO1. The molecule has 0 amide bonds. The molecule has 0 aromatic heterocycles. The van der Waals surface area contributed by atoms with Crippen LogP contribution >= 0.6 is 0 Å². The Labute approximate surface area is 107 Å². The van der Waals surface area contributed by atoms with Gasteiger partial charge >= 0.3 is 5.97 Å². The van der Waals surface area contributed by atoms with Crippen molar-refractivity contribution in [2.45, 2.75) is 31.8 Å². The van der Waals surface area contributed by atoms with Crippen LogP contribution in [0.15, 0.2) is 12.5 Å². The highest BCUT2D eigenvalue weighted by Gasteiger charge is 2.16. The summed E-state index contributed by atoms with van der Waals surface area (Å²) in [5, 5.41) is 14.3. The predicted molar refractivity (Wildman–Crippen MR) is 66.9 cm³/mol. The van der Waals surface area contributed by atoms with Crippen LogP contribution in [0.3, 0.4) is 0 Å². The van der Waals surface area contributed by atoms with Crippen molar-refractivity contribution in [2.24, 2.45) is 0 Å². The lowest BCUT2D eigenvalue weighted by atomic mass is 10.2. The Hall–Kier alpha value is -1.27. The molecule has 6 heteroatoms. The normalized spacial score (nSPS) is 19.2. The van der Waals surface area contributed by atoms with Gasteiger partial charge in [-0.2, -0.15) is 0 Å². The number of aliphatic hydroxyl groups is 1. The summed E-state index contributed by atoms with van der Waals surface area (Å²) in [5.41, 5.74) is 0. The third-order valence-corrected chi connectivity index (χ3v) is 2.62. The molecule has 1 rings (SSSR count). The van der Waals surface area contributed by atoms with Crippen molar-refractivity contribution in [3.63, 3.8) is 0 Å². The molecule has 0 saturated carbocycles. The summed E-state index contributed by atoms with van der Waals surface area (Å²) in [7, 11) is 0. The molecule has 1 atom stereocenters. The van der Waals surface area contributed by atoms with Gasteiger partial charge in [-0.3, -0.25) is 10.1 Å². The van der Waals surface area contributed by atoms with Crippen molar-refractivity contribution in [3.05, 3.63) is 12.5 Å². The molecule has 1 fully saturated rings. The number of carbonyl (C=O) groups is 1. The Morgan fingerprint density at radius 3 is 3.11 bits per heavy atom. The van der Waals surface area contributed by atoms with E-state index in [1.807, 2.05) is 0 Å². The van der Waals surface area contributed by atoms with Gasteiger partial charge < -0.3 is 19.9 Å². The standard InChI is InChI=1S/C12H22N2O4/c15-7-6-13-5-3-1-2-4-12(16)17-9-11-8-14-10-18-11/h6-7,11,13-15H,1-5,8-10H2/b7-6-. The summed E-state index contributed by atoms with van der Waals surface area (Å²) in [6, 6.07) is 0. The van der Waals surface area contributed by atoms with E-state index in [1.54, 1.807) is 0 Å². The van der Waals surface area contributed by atoms with Crippen LogP contribution in [-0.4, -0.2) is 43.6 Å². The highest BCUT2D eigenvalue weighted by Crippen LogP contribution is 2.03. The first-order valence-electron chi connectivity index (χ1n) is 6.33. The number of rotatable bonds is 9. The maximum atomic E-state index is 11.4. The largest absolute Gasteiger partial charge is 0.514 e. The minimum absolute atomic E-state index is 0.00317. The van der Waals surface area contributed by atoms with Crippen LogP contribution in [0.1, 0.15) is 25.7 Å². The van der Waals surface area contributed by atoms with Crippen LogP contribution in [0.4, 0.5) is 0 Å². The second kappa shape index (κ2) is 9.73. The van der Waals surface area contributed by atoms with Crippen molar-refractivity contribution in [2.75, 3.05) is 26.4 Å². The highest BCUT2D eigenvalue weighted by molar-refractivity contribution is 5.69. The Balaban J connectivity index is 1.87. The number of nitrogens with one attached hydrogen (secondary N) is 2. The smallest absolute Gasteiger partial charge is 0.305 e. The van der Waals surface area contributed by atoms with Crippen LogP contribution in [0.25, 0.3) is 0 Å². The molecular formula is C12H22N2O4. The van der Waals surface area contributed by atoms with E-state index in [4.69, 9.17) is 14.6 Å². The lowest BCUT2D eigenvalue weighted by Crippen LogP contribution is -2.22. The number of aliphatic hydroxyl groups excluding tert-OH is 1. The van der Waals surface area contributed by atoms with Gasteiger partial charge in [0, 0.05) is 25.7 Å². The molecule has 1 aliphatic heterocycles. The molecule has 0 radical (unpaired) electrons. The second-order valence-electron chi connectivity index (χ2n) is 4.15. The van der Waals surface area contributed by atoms with Crippen LogP contribution in [0.2, 0.25) is 0 Å². The van der Waals surface area contributed by atoms with Gasteiger partial charge in [-0.1, -0.05) is 6.42 Å². The zero-order valence-corrected chi connectivity index (χ0v) is 10.6. The minimum atomic E-state index is -0.159. The topological polar surface area (TPSA) is 79.8 Å². The van der Waals surface area contributed by atoms with Gasteiger partial charge in [0.05, 0.1) is 13.0 Å². The Morgan fingerprint density at radius 1 is 1.50 bits per heavy atom. The molecule has 1 heterocycles. The zero-order chi connectivity index (χ0) is 13.1. The van der Waals surface area contributed by atoms with Crippen molar-refractivity contribution in [1.29, 1.82) is 0 Å². The van der Waals surface area contributed by atoms with Gasteiger partial charge in [-0.05, 0) is 12.8 Å². The monoisotopic (exact) mass is 258 g/mol. The van der Waals surface area contributed by atoms with E-state index < -0.39 is 0 Å². The quantitative estimate of drug-likeness (QED) is 0.320. The predicted octanol–water partition coefficient (Wildman–Crippen LogP) is 0.655. The zero-order valence-electron chi connectivity index (χ0n) is 10.6. The summed E-state index contributed by atoms with van der Waals surface area (Å²) in [4.78, 5) is 11.4. The summed E-state index contributed by atoms with van der Waals surface area (Å²) in [6.45, 7) is 2.43. The molecular weight excluding hydrogens is 236 g/mol. The van der Waals surface area contributed by atoms with Crippen molar-refractivity contribution in [3.8, 4) is 0 Å². The third kappa shape index (κ3) is 7.13. The molecule has 18 heavy (non-hydrogen) atoms. The highest BCUT2D eigenvalue weighted by atomic mass is 16.6. The first-order chi connectivity index (χ1) is 8.83. The van der Waals surface area contributed by atoms with Gasteiger partial charge in [0.25, 0.3) is 0 Å². The van der Waals surface area contributed by atoms with Crippen molar-refractivity contribution >= 4 is 5.97 Å². The molecule has 0 aromatic rings. The molecule has 0 aromatic carbocycles. The Morgan fingerprint density at radius 2 is 2.39 bits per heavy atom. The fourth-order valence-electron chi connectivity index (χ4n) is 1.63. The number of unbranched alkanes of at least 4 members (excludes halogenated alkanes) is 2. The first kappa shape index (κ1) is 14.8. The number of hydrogen-bond donors (Lipinski definition) is 3. The van der Waals surface area contributed by atoms with E-state index in [2.05, 4.69) is 10.6 Å². The molecule has 0 spiro atoms. The van der Waals surface area contributed by atoms with Crippen LogP contribution in [0, 0.1) is 0 Å². The van der Waals surface area contributed by atoms with Gasteiger partial charge in [-0.15, -0.1) is 0 Å². The summed E-state index contributed by atoms with van der Waals surface area (Å²) >= 11 is 0. The Bertz CT molecular complexity index is 252. The number of esters is 1. The molecule has 1 aliphatic rings. The van der Waals surface area contributed by atoms with Crippen LogP contribution < -0.4 is 10.6 Å². The fourth-order valence-corrected chi connectivity index (χ4v) is 1.63. The fraction of sp³-hybridized carbons (Fsp3) is 0.750. The summed E-state index contributed by atoms with van der Waals surface area (Å²) in [5.74, 6) is -0.159. The van der Waals surface area contributed by atoms with E-state index in [0.717, 1.165) is 38.6 Å². The van der Waals surface area contributed by atoms with Gasteiger partial charge in [0.1, 0.15) is 12.7 Å². The maximum absolute atomic E-state index is 11.4. The van der Waals surface area contributed by atoms with Crippen LogP contribution in [-0.2, 0) is 14.3 Å². The lowest BCUT2D eigenvalue weighted by molar-refractivity contribution is -0.146. The maximum Gasteiger partial charge on any atom is 0.305 e. The second-order valence-corrected chi connectivity index (χ2v) is 4.15. The average Bonchev–Trinajstić information content (AvgIpc) is 2.88. The molecule has 6 nitrogen and oxygen atoms in total. The third-order valence-electron chi connectivity index (χ3n) is 2.62. The molecule has 1 saturated heterocycles. The molecule has 104 valence electrons. The summed E-state index contributed by atoms with van der Waals surface area (Å²) in [6.07, 6.45) is 5.67. The van der Waals surface area contributed by atoms with Crippen LogP contribution in [0.5, 0.6) is 0 Å². The number of ether oxygens (including phenoxy) is 2. The van der Waals surface area contributed by atoms with E-state index in [-0.39, 0.29) is 12.1 Å². The van der Waals surface area contributed by atoms with E-state index in [0.29, 0.717) is 19.8 Å². The van der Waals surface area contributed by atoms with E-state index in [9.17, 15) is 4.79 Å². The van der Waals surface area contributed by atoms with E-state index >= 15 is 0 Å². The van der Waals surface area contributed by atoms with Gasteiger partial charge in [-0.25, -0.2) is 0 Å². The molecule has 3 N–H and O–H groups in total. The average molecular weight is 258 g/mol. The van der Waals surface area contributed by atoms with Gasteiger partial charge in [0.2, 0.25) is 0 Å². The number of carbonyl (C=O) groups excluding carboxylic acids is 1. The van der Waals surface area contributed by atoms with Crippen molar-refractivity contribution in [1.82, 2.24) is 10.6 Å². The Kier molecular flexibility index (Phi) is 7.99. The van der Waals surface area contributed by atoms with Crippen molar-refractivity contribution < 1.29 is 19.4 Å².